The maximum Gasteiger partial charge on any atom is 0.232 e. The highest BCUT2D eigenvalue weighted by molar-refractivity contribution is 7.92. The second-order valence-electron chi connectivity index (χ2n) is 5.29. The molecule has 0 aliphatic carbocycles. The average Bonchev–Trinajstić information content (AvgIpc) is 2.44. The lowest BCUT2D eigenvalue weighted by molar-refractivity contribution is 0.571. The molecule has 1 aromatic heterocycles. The van der Waals surface area contributed by atoms with Gasteiger partial charge in [-0.05, 0) is 25.1 Å². The van der Waals surface area contributed by atoms with Crippen molar-refractivity contribution in [2.45, 2.75) is 26.3 Å². The molecule has 2 rings (SSSR count). The molecule has 0 bridgehead atoms. The van der Waals surface area contributed by atoms with Crippen LogP contribution in [0.4, 0.5) is 5.69 Å². The van der Waals surface area contributed by atoms with Gasteiger partial charge in [0.05, 0.1) is 11.4 Å². The number of anilines is 1. The highest BCUT2D eigenvalue weighted by Gasteiger charge is 2.12. The minimum atomic E-state index is -3.33. The molecular formula is C15H21N3O2S. The van der Waals surface area contributed by atoms with E-state index in [4.69, 9.17) is 0 Å². The van der Waals surface area contributed by atoms with Gasteiger partial charge in [0.2, 0.25) is 10.0 Å². The van der Waals surface area contributed by atoms with Crippen molar-refractivity contribution >= 4 is 26.5 Å². The molecule has 114 valence electrons. The summed E-state index contributed by atoms with van der Waals surface area (Å²) in [4.78, 5) is 4.04. The van der Waals surface area contributed by atoms with Crippen molar-refractivity contribution in [1.29, 1.82) is 0 Å². The zero-order chi connectivity index (χ0) is 15.3. The van der Waals surface area contributed by atoms with Crippen molar-refractivity contribution in [1.82, 2.24) is 10.3 Å². The van der Waals surface area contributed by atoms with Crippen LogP contribution >= 0.6 is 0 Å². The number of hydrogen-bond acceptors (Lipinski definition) is 4. The molecule has 0 aliphatic rings. The predicted octanol–water partition coefficient (Wildman–Crippen LogP) is 2.36. The van der Waals surface area contributed by atoms with Crippen molar-refractivity contribution in [2.24, 2.45) is 0 Å². The van der Waals surface area contributed by atoms with E-state index in [2.05, 4.69) is 15.0 Å². The largest absolute Gasteiger partial charge is 0.314 e. The van der Waals surface area contributed by atoms with Gasteiger partial charge < -0.3 is 5.32 Å². The molecule has 21 heavy (non-hydrogen) atoms. The van der Waals surface area contributed by atoms with Crippen molar-refractivity contribution in [3.8, 4) is 0 Å². The first-order valence-corrected chi connectivity index (χ1v) is 8.70. The normalized spacial score (nSPS) is 12.0. The SMILES string of the molecule is CC(C)NCCCS(=O)(=O)Nc1cccc2cnccc12. The summed E-state index contributed by atoms with van der Waals surface area (Å²) >= 11 is 0. The van der Waals surface area contributed by atoms with Gasteiger partial charge in [-0.2, -0.15) is 0 Å². The Labute approximate surface area is 125 Å². The number of pyridine rings is 1. The Morgan fingerprint density at radius 1 is 1.24 bits per heavy atom. The molecule has 0 atom stereocenters. The highest BCUT2D eigenvalue weighted by Crippen LogP contribution is 2.23. The molecule has 0 aliphatic heterocycles. The lowest BCUT2D eigenvalue weighted by atomic mass is 10.1. The predicted molar refractivity (Wildman–Crippen MR) is 86.9 cm³/mol. The Hall–Kier alpha value is -1.66. The number of aromatic nitrogens is 1. The smallest absolute Gasteiger partial charge is 0.232 e. The van der Waals surface area contributed by atoms with Gasteiger partial charge in [-0.1, -0.05) is 26.0 Å². The Balaban J connectivity index is 2.05. The standard InChI is InChI=1S/C15H21N3O2S/c1-12(2)17-8-4-10-21(19,20)18-15-6-3-5-13-11-16-9-7-14(13)15/h3,5-7,9,11-12,17-18H,4,8,10H2,1-2H3. The molecule has 1 aromatic carbocycles. The molecule has 0 amide bonds. The summed E-state index contributed by atoms with van der Waals surface area (Å²) in [5.41, 5.74) is 0.603. The first kappa shape index (κ1) is 15.7. The Kier molecular flexibility index (Phi) is 5.14. The van der Waals surface area contributed by atoms with E-state index >= 15 is 0 Å². The fraction of sp³-hybridized carbons (Fsp3) is 0.400. The number of sulfonamides is 1. The zero-order valence-electron chi connectivity index (χ0n) is 12.3. The van der Waals surface area contributed by atoms with Crippen LogP contribution in [0.5, 0.6) is 0 Å². The number of hydrogen-bond donors (Lipinski definition) is 2. The summed E-state index contributed by atoms with van der Waals surface area (Å²) < 4.78 is 26.9. The van der Waals surface area contributed by atoms with Crippen LogP contribution < -0.4 is 10.0 Å². The average molecular weight is 307 g/mol. The Morgan fingerprint density at radius 3 is 2.81 bits per heavy atom. The van der Waals surface area contributed by atoms with Crippen LogP contribution in [0.25, 0.3) is 10.8 Å². The minimum Gasteiger partial charge on any atom is -0.314 e. The van der Waals surface area contributed by atoms with E-state index in [1.807, 2.05) is 32.0 Å². The van der Waals surface area contributed by atoms with Gasteiger partial charge in [0.25, 0.3) is 0 Å². The maximum absolute atomic E-state index is 12.1. The summed E-state index contributed by atoms with van der Waals surface area (Å²) in [6.07, 6.45) is 3.96. The maximum atomic E-state index is 12.1. The van der Waals surface area contributed by atoms with E-state index in [1.54, 1.807) is 18.5 Å². The highest BCUT2D eigenvalue weighted by atomic mass is 32.2. The Morgan fingerprint density at radius 2 is 2.05 bits per heavy atom. The van der Waals surface area contributed by atoms with Crippen LogP contribution in [-0.4, -0.2) is 31.7 Å². The van der Waals surface area contributed by atoms with Crippen molar-refractivity contribution in [2.75, 3.05) is 17.0 Å². The van der Waals surface area contributed by atoms with Crippen LogP contribution in [0.15, 0.2) is 36.7 Å². The van der Waals surface area contributed by atoms with Gasteiger partial charge >= 0.3 is 0 Å². The van der Waals surface area contributed by atoms with Gasteiger partial charge in [0, 0.05) is 29.2 Å². The molecule has 1 heterocycles. The number of nitrogens with one attached hydrogen (secondary N) is 2. The molecular weight excluding hydrogens is 286 g/mol. The van der Waals surface area contributed by atoms with Gasteiger partial charge in [-0.25, -0.2) is 8.42 Å². The van der Waals surface area contributed by atoms with E-state index < -0.39 is 10.0 Å². The third-order valence-corrected chi connectivity index (χ3v) is 4.45. The summed E-state index contributed by atoms with van der Waals surface area (Å²) in [6, 6.07) is 7.68. The van der Waals surface area contributed by atoms with Crippen LogP contribution in [0, 0.1) is 0 Å². The van der Waals surface area contributed by atoms with Crippen molar-refractivity contribution in [3.63, 3.8) is 0 Å². The molecule has 2 aromatic rings. The van der Waals surface area contributed by atoms with Gasteiger partial charge in [0.1, 0.15) is 0 Å². The van der Waals surface area contributed by atoms with Crippen LogP contribution in [0.2, 0.25) is 0 Å². The molecule has 0 radical (unpaired) electrons. The summed E-state index contributed by atoms with van der Waals surface area (Å²) in [5.74, 6) is 0.105. The lowest BCUT2D eigenvalue weighted by Crippen LogP contribution is -2.26. The monoisotopic (exact) mass is 307 g/mol. The van der Waals surface area contributed by atoms with Crippen LogP contribution in [0.1, 0.15) is 20.3 Å². The van der Waals surface area contributed by atoms with Gasteiger partial charge in [-0.3, -0.25) is 9.71 Å². The minimum absolute atomic E-state index is 0.105. The molecule has 0 unspecified atom stereocenters. The molecule has 0 spiro atoms. The first-order chi connectivity index (χ1) is 9.98. The second kappa shape index (κ2) is 6.87. The quantitative estimate of drug-likeness (QED) is 0.770. The van der Waals surface area contributed by atoms with Gasteiger partial charge in [0.15, 0.2) is 0 Å². The van der Waals surface area contributed by atoms with E-state index in [0.717, 1.165) is 10.8 Å². The molecule has 2 N–H and O–H groups in total. The van der Waals surface area contributed by atoms with E-state index in [0.29, 0.717) is 24.7 Å². The molecule has 5 nitrogen and oxygen atoms in total. The van der Waals surface area contributed by atoms with Gasteiger partial charge in [-0.15, -0.1) is 0 Å². The summed E-state index contributed by atoms with van der Waals surface area (Å²) in [5, 5.41) is 4.98. The first-order valence-electron chi connectivity index (χ1n) is 7.04. The van der Waals surface area contributed by atoms with E-state index in [1.165, 1.54) is 0 Å². The molecule has 0 saturated heterocycles. The zero-order valence-corrected chi connectivity index (χ0v) is 13.2. The Bertz CT molecular complexity index is 694. The number of nitrogens with zero attached hydrogens (tertiary/aromatic N) is 1. The van der Waals surface area contributed by atoms with E-state index in [9.17, 15) is 8.42 Å². The van der Waals surface area contributed by atoms with Crippen LogP contribution in [-0.2, 0) is 10.0 Å². The third-order valence-electron chi connectivity index (χ3n) is 3.09. The fourth-order valence-corrected chi connectivity index (χ4v) is 3.22. The molecule has 0 fully saturated rings. The lowest BCUT2D eigenvalue weighted by Gasteiger charge is -2.11. The van der Waals surface area contributed by atoms with Crippen LogP contribution in [0.3, 0.4) is 0 Å². The van der Waals surface area contributed by atoms with Crippen molar-refractivity contribution < 1.29 is 8.42 Å². The fourth-order valence-electron chi connectivity index (χ4n) is 2.08. The van der Waals surface area contributed by atoms with Crippen molar-refractivity contribution in [3.05, 3.63) is 36.7 Å². The number of benzene rings is 1. The molecule has 6 heteroatoms. The third kappa shape index (κ3) is 4.68. The molecule has 0 saturated carbocycles. The summed E-state index contributed by atoms with van der Waals surface area (Å²) in [6.45, 7) is 4.77. The van der Waals surface area contributed by atoms with E-state index in [-0.39, 0.29) is 5.75 Å². The number of fused-ring (bicyclic) bond motifs is 1. The second-order valence-corrected chi connectivity index (χ2v) is 7.13. The topological polar surface area (TPSA) is 71.1 Å². The summed E-state index contributed by atoms with van der Waals surface area (Å²) in [7, 11) is -3.33. The number of rotatable bonds is 7.